The molecule has 2 nitrogen and oxygen atoms in total. The van der Waals surface area contributed by atoms with Crippen molar-refractivity contribution in [3.8, 4) is 0 Å². The highest BCUT2D eigenvalue weighted by atomic mass is 19.1. The Balaban J connectivity index is 0.000000187. The molecule has 0 saturated heterocycles. The van der Waals surface area contributed by atoms with Gasteiger partial charge in [0, 0.05) is 0 Å². The summed E-state index contributed by atoms with van der Waals surface area (Å²) in [5.41, 5.74) is 0. The molecule has 1 rings (SSSR count). The van der Waals surface area contributed by atoms with Crippen LogP contribution in [0.5, 0.6) is 0 Å². The van der Waals surface area contributed by atoms with Crippen LogP contribution in [0, 0.1) is 0 Å². The number of hydrogen-bond acceptors (Lipinski definition) is 2. The fraction of sp³-hybridized carbons (Fsp3) is 0.875. The van der Waals surface area contributed by atoms with E-state index in [1.807, 2.05) is 0 Å². The molecule has 0 unspecified atom stereocenters. The van der Waals surface area contributed by atoms with Gasteiger partial charge in [0.2, 0.25) is 0 Å². The van der Waals surface area contributed by atoms with Crippen LogP contribution in [-0.4, -0.2) is 19.3 Å². The lowest BCUT2D eigenvalue weighted by Crippen LogP contribution is -1.85. The molecule has 0 amide bonds. The summed E-state index contributed by atoms with van der Waals surface area (Å²) in [5.74, 6) is 0. The van der Waals surface area contributed by atoms with Gasteiger partial charge in [0.25, 0.3) is 6.47 Å². The minimum atomic E-state index is -0.454. The van der Waals surface area contributed by atoms with Gasteiger partial charge < -0.3 is 4.74 Å². The van der Waals surface area contributed by atoms with E-state index in [4.69, 9.17) is 0 Å². The fourth-order valence-corrected chi connectivity index (χ4v) is 0.944. The minimum Gasteiger partial charge on any atom is -0.468 e. The van der Waals surface area contributed by atoms with Crippen molar-refractivity contribution in [1.29, 1.82) is 0 Å². The molecular formula is C8H15FO2. The first kappa shape index (κ1) is 10.4. The van der Waals surface area contributed by atoms with Crippen molar-refractivity contribution in [2.45, 2.75) is 38.8 Å². The van der Waals surface area contributed by atoms with Gasteiger partial charge >= 0.3 is 0 Å². The summed E-state index contributed by atoms with van der Waals surface area (Å²) in [4.78, 5) is 9.18. The SMILES string of the molecule is CCOC=O.FC1CCCC1. The van der Waals surface area contributed by atoms with Crippen molar-refractivity contribution in [2.75, 3.05) is 6.61 Å². The molecule has 11 heavy (non-hydrogen) atoms. The fourth-order valence-electron chi connectivity index (χ4n) is 0.944. The minimum absolute atomic E-state index is 0.431. The molecule has 0 aliphatic heterocycles. The van der Waals surface area contributed by atoms with Gasteiger partial charge in [0.1, 0.15) is 6.17 Å². The molecule has 0 N–H and O–H groups in total. The monoisotopic (exact) mass is 162 g/mol. The number of hydrogen-bond donors (Lipinski definition) is 0. The number of alkyl halides is 1. The normalized spacial score (nSPS) is 16.9. The van der Waals surface area contributed by atoms with E-state index in [1.54, 1.807) is 6.92 Å². The predicted octanol–water partition coefficient (Wildman–Crippen LogP) is 2.08. The maximum Gasteiger partial charge on any atom is 0.293 e. The molecule has 3 heteroatoms. The average Bonchev–Trinajstić information content (AvgIpc) is 2.43. The summed E-state index contributed by atoms with van der Waals surface area (Å²) in [5, 5.41) is 0. The Bertz CT molecular complexity index is 90.1. The third-order valence-corrected chi connectivity index (χ3v) is 1.52. The molecule has 1 fully saturated rings. The van der Waals surface area contributed by atoms with Crippen molar-refractivity contribution in [3.05, 3.63) is 0 Å². The Morgan fingerprint density at radius 2 is 2.09 bits per heavy atom. The highest BCUT2D eigenvalue weighted by molar-refractivity contribution is 5.36. The third kappa shape index (κ3) is 7.30. The van der Waals surface area contributed by atoms with Crippen LogP contribution in [0.25, 0.3) is 0 Å². The lowest BCUT2D eigenvalue weighted by molar-refractivity contribution is -0.128. The van der Waals surface area contributed by atoms with Crippen molar-refractivity contribution in [2.24, 2.45) is 0 Å². The van der Waals surface area contributed by atoms with Gasteiger partial charge in [-0.3, -0.25) is 4.79 Å². The smallest absolute Gasteiger partial charge is 0.293 e. The number of carbonyl (C=O) groups excluding carboxylic acids is 1. The molecule has 0 bridgehead atoms. The molecule has 0 radical (unpaired) electrons. The molecule has 0 aromatic carbocycles. The van der Waals surface area contributed by atoms with E-state index in [9.17, 15) is 9.18 Å². The maximum atomic E-state index is 11.9. The van der Waals surface area contributed by atoms with Crippen LogP contribution < -0.4 is 0 Å². The standard InChI is InChI=1S/C5H9F.C3H6O2/c6-5-3-1-2-4-5;1-2-5-3-4/h5H,1-4H2;3H,2H2,1H3. The number of halogens is 1. The summed E-state index contributed by atoms with van der Waals surface area (Å²) in [6, 6.07) is 0. The van der Waals surface area contributed by atoms with E-state index in [-0.39, 0.29) is 0 Å². The number of rotatable bonds is 2. The van der Waals surface area contributed by atoms with Gasteiger partial charge in [-0.15, -0.1) is 0 Å². The van der Waals surface area contributed by atoms with Gasteiger partial charge in [-0.25, -0.2) is 4.39 Å². The summed E-state index contributed by atoms with van der Waals surface area (Å²) < 4.78 is 16.1. The van der Waals surface area contributed by atoms with E-state index in [1.165, 1.54) is 0 Å². The highest BCUT2D eigenvalue weighted by Gasteiger charge is 2.11. The second-order valence-electron chi connectivity index (χ2n) is 2.43. The zero-order valence-corrected chi connectivity index (χ0v) is 6.88. The molecule has 0 heterocycles. The van der Waals surface area contributed by atoms with Crippen LogP contribution >= 0.6 is 0 Å². The molecule has 66 valence electrons. The molecule has 0 spiro atoms. The first-order valence-electron chi connectivity index (χ1n) is 4.00. The van der Waals surface area contributed by atoms with Crippen LogP contribution in [0.1, 0.15) is 32.6 Å². The zero-order valence-electron chi connectivity index (χ0n) is 6.88. The van der Waals surface area contributed by atoms with Gasteiger partial charge in [0.05, 0.1) is 6.61 Å². The maximum absolute atomic E-state index is 11.9. The topological polar surface area (TPSA) is 26.3 Å². The van der Waals surface area contributed by atoms with Gasteiger partial charge in [0.15, 0.2) is 0 Å². The second-order valence-corrected chi connectivity index (χ2v) is 2.43. The van der Waals surface area contributed by atoms with Crippen molar-refractivity contribution in [1.82, 2.24) is 0 Å². The largest absolute Gasteiger partial charge is 0.468 e. The lowest BCUT2D eigenvalue weighted by atomic mass is 10.3. The summed E-state index contributed by atoms with van der Waals surface area (Å²) in [6.45, 7) is 2.66. The van der Waals surface area contributed by atoms with Gasteiger partial charge in [-0.1, -0.05) is 12.8 Å². The van der Waals surface area contributed by atoms with E-state index in [0.717, 1.165) is 25.7 Å². The van der Waals surface area contributed by atoms with Crippen LogP contribution in [0.15, 0.2) is 0 Å². The Morgan fingerprint density at radius 1 is 1.55 bits per heavy atom. The lowest BCUT2D eigenvalue weighted by Gasteiger charge is -1.86. The van der Waals surface area contributed by atoms with Crippen molar-refractivity contribution >= 4 is 6.47 Å². The third-order valence-electron chi connectivity index (χ3n) is 1.52. The van der Waals surface area contributed by atoms with E-state index in [0.29, 0.717) is 13.1 Å². The van der Waals surface area contributed by atoms with Crippen LogP contribution in [0.4, 0.5) is 4.39 Å². The summed E-state index contributed by atoms with van der Waals surface area (Å²) in [6.07, 6.45) is 3.41. The molecular weight excluding hydrogens is 147 g/mol. The van der Waals surface area contributed by atoms with Gasteiger partial charge in [-0.2, -0.15) is 0 Å². The summed E-state index contributed by atoms with van der Waals surface area (Å²) >= 11 is 0. The zero-order chi connectivity index (χ0) is 8.53. The van der Waals surface area contributed by atoms with E-state index in [2.05, 4.69) is 4.74 Å². The van der Waals surface area contributed by atoms with E-state index < -0.39 is 6.17 Å². The van der Waals surface area contributed by atoms with Gasteiger partial charge in [-0.05, 0) is 19.8 Å². The first-order chi connectivity index (χ1) is 5.31. The Morgan fingerprint density at radius 3 is 2.18 bits per heavy atom. The molecule has 1 aliphatic carbocycles. The average molecular weight is 162 g/mol. The summed E-state index contributed by atoms with van der Waals surface area (Å²) in [7, 11) is 0. The molecule has 0 atom stereocenters. The van der Waals surface area contributed by atoms with E-state index >= 15 is 0 Å². The predicted molar refractivity (Wildman–Crippen MR) is 41.1 cm³/mol. The second kappa shape index (κ2) is 7.51. The van der Waals surface area contributed by atoms with Crippen LogP contribution in [0.3, 0.4) is 0 Å². The highest BCUT2D eigenvalue weighted by Crippen LogP contribution is 2.19. The Hall–Kier alpha value is -0.600. The van der Waals surface area contributed by atoms with Crippen LogP contribution in [0.2, 0.25) is 0 Å². The molecule has 1 saturated carbocycles. The molecule has 0 aromatic rings. The number of carbonyl (C=O) groups is 1. The first-order valence-corrected chi connectivity index (χ1v) is 4.00. The van der Waals surface area contributed by atoms with Crippen LogP contribution in [-0.2, 0) is 9.53 Å². The number of ether oxygens (including phenoxy) is 1. The Kier molecular flexibility index (Phi) is 7.10. The molecule has 1 aliphatic rings. The quantitative estimate of drug-likeness (QED) is 0.581. The Labute approximate surface area is 66.7 Å². The molecule has 0 aromatic heterocycles. The van der Waals surface area contributed by atoms with Crippen molar-refractivity contribution < 1.29 is 13.9 Å². The van der Waals surface area contributed by atoms with Crippen molar-refractivity contribution in [3.63, 3.8) is 0 Å².